The molecule has 0 amide bonds. The highest BCUT2D eigenvalue weighted by molar-refractivity contribution is 5.85. The van der Waals surface area contributed by atoms with Crippen LogP contribution in [0.5, 0.6) is 0 Å². The van der Waals surface area contributed by atoms with Gasteiger partial charge in [0.15, 0.2) is 6.29 Å². The fraction of sp³-hybridized carbons (Fsp3) is 0.900. The summed E-state index contributed by atoms with van der Waals surface area (Å²) in [6, 6.07) is 0. The topological polar surface area (TPSA) is 135 Å². The zero-order valence-electron chi connectivity index (χ0n) is 23.7. The summed E-state index contributed by atoms with van der Waals surface area (Å²) in [4.78, 5) is 11.8. The molecule has 0 bridgehead atoms. The Hall–Kier alpha value is -1.07. The van der Waals surface area contributed by atoms with Crippen LogP contribution in [0, 0.1) is 28.6 Å². The quantitative estimate of drug-likeness (QED) is 0.307. The van der Waals surface area contributed by atoms with E-state index in [0.29, 0.717) is 32.3 Å². The Balaban J connectivity index is 1.19. The Bertz CT molecular complexity index is 1020. The molecule has 0 aromatic heterocycles. The van der Waals surface area contributed by atoms with Crippen molar-refractivity contribution in [1.29, 1.82) is 0 Å². The Morgan fingerprint density at radius 1 is 0.949 bits per heavy atom. The van der Waals surface area contributed by atoms with E-state index >= 15 is 0 Å². The number of carbonyl (C=O) groups excluding carboxylic acids is 1. The highest BCUT2D eigenvalue weighted by atomic mass is 16.7. The first-order chi connectivity index (χ1) is 18.4. The van der Waals surface area contributed by atoms with E-state index in [1.165, 1.54) is 7.11 Å². The summed E-state index contributed by atoms with van der Waals surface area (Å²) in [6.07, 6.45) is 3.58. The minimum absolute atomic E-state index is 0.0934. The maximum atomic E-state index is 12.4. The van der Waals surface area contributed by atoms with Crippen molar-refractivity contribution in [1.82, 2.24) is 0 Å². The van der Waals surface area contributed by atoms with E-state index in [1.54, 1.807) is 13.0 Å². The second-order valence-corrected chi connectivity index (χ2v) is 13.9. The number of aliphatic hydroxyl groups excluding tert-OH is 2. The molecule has 4 saturated carbocycles. The molecule has 0 spiro atoms. The zero-order chi connectivity index (χ0) is 28.0. The van der Waals surface area contributed by atoms with E-state index in [1.807, 2.05) is 0 Å². The molecule has 13 atom stereocenters. The minimum atomic E-state index is -1.13. The fourth-order valence-corrected chi connectivity index (χ4v) is 10.1. The van der Waals surface area contributed by atoms with Crippen molar-refractivity contribution in [2.75, 3.05) is 13.7 Å². The van der Waals surface area contributed by atoms with Crippen LogP contribution in [0.1, 0.15) is 78.6 Å². The van der Waals surface area contributed by atoms with Crippen molar-refractivity contribution in [3.05, 3.63) is 11.6 Å². The van der Waals surface area contributed by atoms with Gasteiger partial charge < -0.3 is 39.4 Å². The molecule has 39 heavy (non-hydrogen) atoms. The van der Waals surface area contributed by atoms with E-state index in [-0.39, 0.29) is 40.7 Å². The molecule has 4 N–H and O–H groups in total. The van der Waals surface area contributed by atoms with Crippen molar-refractivity contribution >= 4 is 5.97 Å². The average molecular weight is 551 g/mol. The number of hydrogen-bond acceptors (Lipinski definition) is 9. The van der Waals surface area contributed by atoms with Crippen molar-refractivity contribution in [2.24, 2.45) is 28.6 Å². The second-order valence-electron chi connectivity index (χ2n) is 13.9. The van der Waals surface area contributed by atoms with Gasteiger partial charge in [-0.1, -0.05) is 13.8 Å². The molecule has 5 fully saturated rings. The molecule has 9 heteroatoms. The molecule has 0 aromatic rings. The first-order valence-corrected chi connectivity index (χ1v) is 14.9. The van der Waals surface area contributed by atoms with Gasteiger partial charge in [0.05, 0.1) is 23.4 Å². The van der Waals surface area contributed by atoms with Gasteiger partial charge in [0, 0.05) is 25.0 Å². The molecule has 220 valence electrons. The summed E-state index contributed by atoms with van der Waals surface area (Å²) in [5, 5.41) is 45.7. The van der Waals surface area contributed by atoms with Crippen LogP contribution in [0.3, 0.4) is 0 Å². The predicted octanol–water partition coefficient (Wildman–Crippen LogP) is 2.23. The number of esters is 1. The molecule has 9 nitrogen and oxygen atoms in total. The fourth-order valence-electron chi connectivity index (χ4n) is 10.1. The maximum absolute atomic E-state index is 12.4. The minimum Gasteiger partial charge on any atom is -0.458 e. The summed E-state index contributed by atoms with van der Waals surface area (Å²) in [5.74, 6) is 0.151. The summed E-state index contributed by atoms with van der Waals surface area (Å²) >= 11 is 0. The van der Waals surface area contributed by atoms with E-state index in [0.717, 1.165) is 37.7 Å². The molecule has 6 rings (SSSR count). The van der Waals surface area contributed by atoms with Crippen molar-refractivity contribution < 1.29 is 44.2 Å². The zero-order valence-corrected chi connectivity index (χ0v) is 23.7. The number of cyclic esters (lactones) is 1. The Morgan fingerprint density at radius 3 is 2.36 bits per heavy atom. The summed E-state index contributed by atoms with van der Waals surface area (Å²) in [6.45, 7) is 6.48. The monoisotopic (exact) mass is 550 g/mol. The number of fused-ring (bicyclic) bond motifs is 5. The maximum Gasteiger partial charge on any atom is 0.331 e. The van der Waals surface area contributed by atoms with Gasteiger partial charge in [-0.05, 0) is 87.0 Å². The van der Waals surface area contributed by atoms with Crippen LogP contribution in [-0.4, -0.2) is 88.1 Å². The van der Waals surface area contributed by atoms with Gasteiger partial charge in [0.2, 0.25) is 0 Å². The van der Waals surface area contributed by atoms with Gasteiger partial charge in [-0.25, -0.2) is 4.79 Å². The molecule has 4 aliphatic carbocycles. The smallest absolute Gasteiger partial charge is 0.331 e. The highest BCUT2D eigenvalue weighted by Gasteiger charge is 2.70. The van der Waals surface area contributed by atoms with E-state index in [9.17, 15) is 25.2 Å². The molecular weight excluding hydrogens is 504 g/mol. The Morgan fingerprint density at radius 2 is 1.67 bits per heavy atom. The first kappa shape index (κ1) is 28.1. The number of aliphatic hydroxyl groups is 4. The number of hydrogen-bond donors (Lipinski definition) is 4. The molecule has 0 aromatic carbocycles. The van der Waals surface area contributed by atoms with Crippen LogP contribution in [-0.2, 0) is 23.7 Å². The summed E-state index contributed by atoms with van der Waals surface area (Å²) < 4.78 is 22.6. The highest BCUT2D eigenvalue weighted by Crippen LogP contribution is 2.70. The van der Waals surface area contributed by atoms with Gasteiger partial charge in [-0.2, -0.15) is 0 Å². The number of rotatable bonds is 4. The Kier molecular flexibility index (Phi) is 6.82. The molecule has 1 saturated heterocycles. The lowest BCUT2D eigenvalue weighted by Gasteiger charge is -2.66. The van der Waals surface area contributed by atoms with Gasteiger partial charge in [0.1, 0.15) is 24.9 Å². The number of ether oxygens (including phenoxy) is 4. The van der Waals surface area contributed by atoms with Crippen molar-refractivity contribution in [3.63, 3.8) is 0 Å². The lowest BCUT2D eigenvalue weighted by molar-refractivity contribution is -0.321. The summed E-state index contributed by atoms with van der Waals surface area (Å²) in [7, 11) is 1.45. The molecule has 0 unspecified atom stereocenters. The van der Waals surface area contributed by atoms with Crippen LogP contribution >= 0.6 is 0 Å². The van der Waals surface area contributed by atoms with E-state index in [2.05, 4.69) is 13.8 Å². The second kappa shape index (κ2) is 9.48. The first-order valence-electron chi connectivity index (χ1n) is 14.9. The molecule has 2 heterocycles. The van der Waals surface area contributed by atoms with Crippen LogP contribution in [0.2, 0.25) is 0 Å². The van der Waals surface area contributed by atoms with Crippen molar-refractivity contribution in [3.8, 4) is 0 Å². The third-order valence-electron chi connectivity index (χ3n) is 12.5. The Labute approximate surface area is 230 Å². The lowest BCUT2D eigenvalue weighted by Crippen LogP contribution is -2.67. The van der Waals surface area contributed by atoms with E-state index in [4.69, 9.17) is 18.9 Å². The lowest BCUT2D eigenvalue weighted by atomic mass is 9.42. The molecule has 6 aliphatic rings. The predicted molar refractivity (Wildman–Crippen MR) is 139 cm³/mol. The SMILES string of the molecule is CO[C@@H]1[C@H](O)[C@H](O[C@@H]2CC[C@]3(C)[C@H]4CC[C@]5(C)[C@@H](C6=CC(=O)OC6)CC[C@@]5(O)[C@@H]4CC[C@]3(O)C2)O[C@@H](C)[C@@H]1O. The third kappa shape index (κ3) is 3.94. The molecular formula is C30H46O9. The summed E-state index contributed by atoms with van der Waals surface area (Å²) in [5.41, 5.74) is -1.43. The van der Waals surface area contributed by atoms with Gasteiger partial charge in [0.25, 0.3) is 0 Å². The third-order valence-corrected chi connectivity index (χ3v) is 12.5. The normalized spacial score (nSPS) is 55.3. The number of carbonyl (C=O) groups is 1. The van der Waals surface area contributed by atoms with Gasteiger partial charge in [-0.15, -0.1) is 0 Å². The van der Waals surface area contributed by atoms with Crippen molar-refractivity contribution in [2.45, 2.75) is 127 Å². The van der Waals surface area contributed by atoms with Crippen LogP contribution in [0.15, 0.2) is 11.6 Å². The van der Waals surface area contributed by atoms with Crippen LogP contribution in [0.25, 0.3) is 0 Å². The average Bonchev–Trinajstić information content (AvgIpc) is 3.43. The molecule has 0 radical (unpaired) electrons. The standard InChI is InChI=1S/C30H46O9/c1-16-23(32)25(36-4)24(33)26(38-16)39-18-5-9-27(2)20-6-10-28(3)19(17-13-22(31)37-15-17)8-12-30(28,35)21(20)7-11-29(27,34)14-18/h13,16,18-21,23-26,32-35H,5-12,14-15H2,1-4H3/t16-,18+,19+,20-,21+,23-,24-,25-,26-,27+,28+,29-,30+/m0/s1. The van der Waals surface area contributed by atoms with E-state index < -0.39 is 41.9 Å². The number of methoxy groups -OCH3 is 1. The largest absolute Gasteiger partial charge is 0.458 e. The molecule has 2 aliphatic heterocycles. The van der Waals surface area contributed by atoms with Gasteiger partial charge in [-0.3, -0.25) is 0 Å². The van der Waals surface area contributed by atoms with Crippen LogP contribution in [0.4, 0.5) is 0 Å². The van der Waals surface area contributed by atoms with Gasteiger partial charge >= 0.3 is 5.97 Å². The van der Waals surface area contributed by atoms with Crippen LogP contribution < -0.4 is 0 Å².